The topological polar surface area (TPSA) is 50.8 Å². The Bertz CT molecular complexity index is 920. The number of thiocarbonyl (C=S) groups is 1. The third-order valence-electron chi connectivity index (χ3n) is 4.82. The van der Waals surface area contributed by atoms with Gasteiger partial charge in [0, 0.05) is 18.5 Å². The van der Waals surface area contributed by atoms with Crippen molar-refractivity contribution in [1.82, 2.24) is 5.32 Å². The average molecular weight is 411 g/mol. The molecule has 0 aliphatic carbocycles. The molecule has 1 aliphatic rings. The van der Waals surface area contributed by atoms with Gasteiger partial charge in [0.25, 0.3) is 0 Å². The number of anilines is 1. The smallest absolute Gasteiger partial charge is 0.338 e. The Morgan fingerprint density at radius 2 is 1.72 bits per heavy atom. The first-order chi connectivity index (χ1) is 13.9. The van der Waals surface area contributed by atoms with Crippen LogP contribution in [0.5, 0.6) is 0 Å². The van der Waals surface area contributed by atoms with E-state index < -0.39 is 0 Å². The number of rotatable bonds is 6. The SMILES string of the molecule is COCCOC(=O)C1=C(C)N(c2cc(C)cc(C)c2)C(=S)N[C@H]1c1ccccc1. The fourth-order valence-electron chi connectivity index (χ4n) is 3.59. The number of benzene rings is 2. The molecule has 0 unspecified atom stereocenters. The molecule has 1 aliphatic heterocycles. The monoisotopic (exact) mass is 410 g/mol. The van der Waals surface area contributed by atoms with Crippen LogP contribution in [0.25, 0.3) is 0 Å². The summed E-state index contributed by atoms with van der Waals surface area (Å²) in [5.41, 5.74) is 5.43. The Labute approximate surface area is 177 Å². The van der Waals surface area contributed by atoms with Gasteiger partial charge in [-0.25, -0.2) is 4.79 Å². The predicted molar refractivity (Wildman–Crippen MR) is 119 cm³/mol. The van der Waals surface area contributed by atoms with Gasteiger partial charge in [-0.15, -0.1) is 0 Å². The standard InChI is InChI=1S/C23H26N2O3S/c1-15-12-16(2)14-19(13-15)25-17(3)20(22(26)28-11-10-27-4)21(24-23(25)29)18-8-6-5-7-9-18/h5-9,12-14,21H,10-11H2,1-4H3,(H,24,29)/t21-/m0/s1. The molecule has 0 radical (unpaired) electrons. The molecule has 0 bridgehead atoms. The van der Waals surface area contributed by atoms with Gasteiger partial charge in [-0.05, 0) is 61.8 Å². The largest absolute Gasteiger partial charge is 0.460 e. The van der Waals surface area contributed by atoms with E-state index in [0.717, 1.165) is 28.1 Å². The van der Waals surface area contributed by atoms with Crippen molar-refractivity contribution < 1.29 is 14.3 Å². The van der Waals surface area contributed by atoms with E-state index in [0.29, 0.717) is 17.3 Å². The quantitative estimate of drug-likeness (QED) is 0.438. The zero-order valence-electron chi connectivity index (χ0n) is 17.2. The van der Waals surface area contributed by atoms with Crippen LogP contribution in [0.15, 0.2) is 59.8 Å². The normalized spacial score (nSPS) is 16.6. The number of allylic oxidation sites excluding steroid dienone is 1. The van der Waals surface area contributed by atoms with Crippen LogP contribution < -0.4 is 10.2 Å². The van der Waals surface area contributed by atoms with E-state index in [2.05, 4.69) is 23.5 Å². The van der Waals surface area contributed by atoms with E-state index in [4.69, 9.17) is 21.7 Å². The summed E-state index contributed by atoms with van der Waals surface area (Å²) in [6.07, 6.45) is 0. The van der Waals surface area contributed by atoms with Crippen molar-refractivity contribution in [3.05, 3.63) is 76.5 Å². The number of aryl methyl sites for hydroxylation is 2. The van der Waals surface area contributed by atoms with E-state index in [1.54, 1.807) is 7.11 Å². The zero-order chi connectivity index (χ0) is 21.0. The number of esters is 1. The van der Waals surface area contributed by atoms with Gasteiger partial charge in [0.1, 0.15) is 6.61 Å². The first-order valence-corrected chi connectivity index (χ1v) is 9.94. The molecular formula is C23H26N2O3S. The molecule has 0 saturated carbocycles. The summed E-state index contributed by atoms with van der Waals surface area (Å²) in [6.45, 7) is 6.54. The Balaban J connectivity index is 2.08. The third-order valence-corrected chi connectivity index (χ3v) is 5.12. The highest BCUT2D eigenvalue weighted by Crippen LogP contribution is 2.34. The van der Waals surface area contributed by atoms with Crippen molar-refractivity contribution in [2.24, 2.45) is 0 Å². The van der Waals surface area contributed by atoms with Gasteiger partial charge in [-0.1, -0.05) is 36.4 Å². The van der Waals surface area contributed by atoms with Crippen LogP contribution in [-0.4, -0.2) is 31.4 Å². The van der Waals surface area contributed by atoms with E-state index in [-0.39, 0.29) is 18.6 Å². The second kappa shape index (κ2) is 9.20. The lowest BCUT2D eigenvalue weighted by Crippen LogP contribution is -2.48. The molecule has 0 fully saturated rings. The maximum atomic E-state index is 13.0. The molecule has 1 heterocycles. The highest BCUT2D eigenvalue weighted by Gasteiger charge is 2.35. The van der Waals surface area contributed by atoms with Gasteiger partial charge in [-0.3, -0.25) is 4.90 Å². The van der Waals surface area contributed by atoms with Gasteiger partial charge >= 0.3 is 5.97 Å². The van der Waals surface area contributed by atoms with E-state index in [1.165, 1.54) is 0 Å². The lowest BCUT2D eigenvalue weighted by atomic mass is 9.94. The second-order valence-electron chi connectivity index (χ2n) is 7.10. The molecule has 1 atom stereocenters. The second-order valence-corrected chi connectivity index (χ2v) is 7.49. The molecule has 2 aromatic rings. The molecule has 29 heavy (non-hydrogen) atoms. The molecule has 0 aromatic heterocycles. The minimum atomic E-state index is -0.377. The summed E-state index contributed by atoms with van der Waals surface area (Å²) in [5.74, 6) is -0.377. The molecule has 152 valence electrons. The van der Waals surface area contributed by atoms with E-state index in [9.17, 15) is 4.79 Å². The molecule has 1 N–H and O–H groups in total. The third kappa shape index (κ3) is 4.66. The Morgan fingerprint density at radius 3 is 2.34 bits per heavy atom. The molecule has 0 amide bonds. The summed E-state index contributed by atoms with van der Waals surface area (Å²) in [4.78, 5) is 14.9. The number of ether oxygens (including phenoxy) is 2. The number of carbonyl (C=O) groups excluding carboxylic acids is 1. The Kier molecular flexibility index (Phi) is 6.67. The van der Waals surface area contributed by atoms with Gasteiger partial charge in [-0.2, -0.15) is 0 Å². The van der Waals surface area contributed by atoms with Crippen molar-refractivity contribution in [3.63, 3.8) is 0 Å². The average Bonchev–Trinajstić information content (AvgIpc) is 2.67. The number of hydrogen-bond acceptors (Lipinski definition) is 4. The molecule has 6 heteroatoms. The van der Waals surface area contributed by atoms with Crippen molar-refractivity contribution in [2.45, 2.75) is 26.8 Å². The molecule has 2 aromatic carbocycles. The maximum absolute atomic E-state index is 13.0. The number of nitrogens with one attached hydrogen (secondary N) is 1. The molecule has 0 saturated heterocycles. The first-order valence-electron chi connectivity index (χ1n) is 9.53. The highest BCUT2D eigenvalue weighted by molar-refractivity contribution is 7.80. The van der Waals surface area contributed by atoms with Crippen molar-refractivity contribution in [3.8, 4) is 0 Å². The van der Waals surface area contributed by atoms with E-state index >= 15 is 0 Å². The van der Waals surface area contributed by atoms with Gasteiger partial charge in [0.2, 0.25) is 0 Å². The number of methoxy groups -OCH3 is 1. The summed E-state index contributed by atoms with van der Waals surface area (Å²) in [7, 11) is 1.58. The fraction of sp³-hybridized carbons (Fsp3) is 0.304. The summed E-state index contributed by atoms with van der Waals surface area (Å²) in [5, 5.41) is 3.89. The fourth-order valence-corrected chi connectivity index (χ4v) is 3.95. The predicted octanol–water partition coefficient (Wildman–Crippen LogP) is 4.20. The Hall–Kier alpha value is -2.70. The van der Waals surface area contributed by atoms with Gasteiger partial charge < -0.3 is 14.8 Å². The summed E-state index contributed by atoms with van der Waals surface area (Å²) in [6, 6.07) is 15.6. The van der Waals surface area contributed by atoms with Crippen molar-refractivity contribution in [1.29, 1.82) is 0 Å². The summed E-state index contributed by atoms with van der Waals surface area (Å²) >= 11 is 5.70. The van der Waals surface area contributed by atoms with Gasteiger partial charge in [0.05, 0.1) is 18.2 Å². The number of hydrogen-bond donors (Lipinski definition) is 1. The van der Waals surface area contributed by atoms with Crippen LogP contribution >= 0.6 is 12.2 Å². The van der Waals surface area contributed by atoms with Crippen LogP contribution in [-0.2, 0) is 14.3 Å². The lowest BCUT2D eigenvalue weighted by Gasteiger charge is -2.37. The zero-order valence-corrected chi connectivity index (χ0v) is 18.0. The van der Waals surface area contributed by atoms with Crippen LogP contribution in [0.1, 0.15) is 29.7 Å². The molecule has 3 rings (SSSR count). The minimum Gasteiger partial charge on any atom is -0.460 e. The van der Waals surface area contributed by atoms with Crippen LogP contribution in [0, 0.1) is 13.8 Å². The highest BCUT2D eigenvalue weighted by atomic mass is 32.1. The van der Waals surface area contributed by atoms with Crippen LogP contribution in [0.2, 0.25) is 0 Å². The van der Waals surface area contributed by atoms with Crippen molar-refractivity contribution in [2.75, 3.05) is 25.2 Å². The molecule has 5 nitrogen and oxygen atoms in total. The molecular weight excluding hydrogens is 384 g/mol. The first kappa shape index (κ1) is 21.0. The van der Waals surface area contributed by atoms with Crippen molar-refractivity contribution >= 4 is 29.0 Å². The Morgan fingerprint density at radius 1 is 1.07 bits per heavy atom. The van der Waals surface area contributed by atoms with E-state index in [1.807, 2.05) is 56.0 Å². The molecule has 0 spiro atoms. The number of carbonyl (C=O) groups is 1. The maximum Gasteiger partial charge on any atom is 0.338 e. The van der Waals surface area contributed by atoms with Crippen LogP contribution in [0.4, 0.5) is 5.69 Å². The number of nitrogens with zero attached hydrogens (tertiary/aromatic N) is 1. The summed E-state index contributed by atoms with van der Waals surface area (Å²) < 4.78 is 10.5. The minimum absolute atomic E-state index is 0.196. The van der Waals surface area contributed by atoms with Crippen LogP contribution in [0.3, 0.4) is 0 Å². The van der Waals surface area contributed by atoms with Gasteiger partial charge in [0.15, 0.2) is 5.11 Å². The lowest BCUT2D eigenvalue weighted by molar-refractivity contribution is -0.140.